The third-order valence-corrected chi connectivity index (χ3v) is 7.01. The van der Waals surface area contributed by atoms with Gasteiger partial charge in [0, 0.05) is 67.5 Å². The molecule has 2 fully saturated rings. The van der Waals surface area contributed by atoms with E-state index in [-0.39, 0.29) is 0 Å². The largest absolute Gasteiger partial charge is 0.367 e. The molecule has 3 unspecified atom stereocenters. The van der Waals surface area contributed by atoms with Crippen molar-refractivity contribution in [3.63, 3.8) is 0 Å². The van der Waals surface area contributed by atoms with Gasteiger partial charge < -0.3 is 10.2 Å². The van der Waals surface area contributed by atoms with E-state index < -0.39 is 0 Å². The first-order chi connectivity index (χ1) is 14.9. The Morgan fingerprint density at radius 2 is 1.84 bits per heavy atom. The number of pyridine rings is 1. The van der Waals surface area contributed by atoms with Gasteiger partial charge in [-0.05, 0) is 45.2 Å². The van der Waals surface area contributed by atoms with Crippen molar-refractivity contribution in [2.45, 2.75) is 65.2 Å². The second-order valence-corrected chi connectivity index (χ2v) is 9.69. The van der Waals surface area contributed by atoms with Crippen LogP contribution in [-0.4, -0.2) is 61.5 Å². The number of imidazole rings is 1. The second kappa shape index (κ2) is 7.79. The topological polar surface area (TPSA) is 61.6 Å². The summed E-state index contributed by atoms with van der Waals surface area (Å²) in [6.45, 7) is 13.4. The summed E-state index contributed by atoms with van der Waals surface area (Å²) < 4.78 is 2.13. The first kappa shape index (κ1) is 20.2. The molecule has 7 heteroatoms. The summed E-state index contributed by atoms with van der Waals surface area (Å²) >= 11 is 0. The number of aromatic nitrogens is 4. The van der Waals surface area contributed by atoms with Crippen LogP contribution in [0, 0.1) is 5.92 Å². The SMILES string of the molecule is CC(C)C(C)Nc1cc(-c2cc3nccn3c(N3CC4CC3CN4C(C)C)n2)ccn1. The third kappa shape index (κ3) is 3.65. The van der Waals surface area contributed by atoms with Gasteiger partial charge in [-0.15, -0.1) is 0 Å². The molecule has 0 amide bonds. The zero-order valence-corrected chi connectivity index (χ0v) is 19.2. The van der Waals surface area contributed by atoms with Gasteiger partial charge in [-0.25, -0.2) is 15.0 Å². The molecule has 3 atom stereocenters. The molecule has 2 aliphatic heterocycles. The maximum Gasteiger partial charge on any atom is 0.212 e. The summed E-state index contributed by atoms with van der Waals surface area (Å²) in [6.07, 6.45) is 6.97. The maximum absolute atomic E-state index is 5.14. The molecule has 0 radical (unpaired) electrons. The standard InChI is InChI=1S/C24H33N7/c1-15(2)17(5)27-22-10-18(6-7-25-22)21-12-23-26-8-9-29(23)24(28-21)31-14-19-11-20(31)13-30(19)16(3)4/h6-10,12,15-17,19-20H,11,13-14H2,1-5H3,(H,25,27). The number of likely N-dealkylation sites (tertiary alicyclic amines) is 1. The summed E-state index contributed by atoms with van der Waals surface area (Å²) in [5.74, 6) is 2.42. The van der Waals surface area contributed by atoms with E-state index in [1.807, 2.05) is 24.7 Å². The summed E-state index contributed by atoms with van der Waals surface area (Å²) in [5.41, 5.74) is 2.94. The lowest BCUT2D eigenvalue weighted by molar-refractivity contribution is 0.190. The number of nitrogens with one attached hydrogen (secondary N) is 1. The van der Waals surface area contributed by atoms with Crippen LogP contribution in [0.3, 0.4) is 0 Å². The molecule has 1 N–H and O–H groups in total. The number of hydrogen-bond donors (Lipinski definition) is 1. The monoisotopic (exact) mass is 419 g/mol. The van der Waals surface area contributed by atoms with Crippen molar-refractivity contribution in [3.8, 4) is 11.3 Å². The van der Waals surface area contributed by atoms with Gasteiger partial charge in [0.2, 0.25) is 5.95 Å². The minimum atomic E-state index is 0.352. The van der Waals surface area contributed by atoms with Crippen LogP contribution in [0.15, 0.2) is 36.8 Å². The Hall–Kier alpha value is -2.67. The van der Waals surface area contributed by atoms with Crippen LogP contribution in [0.2, 0.25) is 0 Å². The number of piperazine rings is 1. The lowest BCUT2D eigenvalue weighted by Gasteiger charge is -2.37. The van der Waals surface area contributed by atoms with E-state index in [1.165, 1.54) is 6.42 Å². The highest BCUT2D eigenvalue weighted by molar-refractivity contribution is 5.68. The number of nitrogens with zero attached hydrogens (tertiary/aromatic N) is 6. The highest BCUT2D eigenvalue weighted by Crippen LogP contribution is 2.36. The van der Waals surface area contributed by atoms with Gasteiger partial charge in [-0.1, -0.05) is 13.8 Å². The summed E-state index contributed by atoms with van der Waals surface area (Å²) in [6, 6.07) is 8.29. The van der Waals surface area contributed by atoms with Crippen LogP contribution in [0.5, 0.6) is 0 Å². The van der Waals surface area contributed by atoms with Gasteiger partial charge in [0.25, 0.3) is 0 Å². The molecule has 3 aromatic rings. The number of hydrogen-bond acceptors (Lipinski definition) is 6. The minimum Gasteiger partial charge on any atom is -0.367 e. The Morgan fingerprint density at radius 1 is 1.00 bits per heavy atom. The molecule has 7 nitrogen and oxygen atoms in total. The van der Waals surface area contributed by atoms with Gasteiger partial charge in [0.1, 0.15) is 11.5 Å². The van der Waals surface area contributed by atoms with Gasteiger partial charge in [0.15, 0.2) is 0 Å². The highest BCUT2D eigenvalue weighted by Gasteiger charge is 2.45. The van der Waals surface area contributed by atoms with Crippen molar-refractivity contribution in [2.75, 3.05) is 23.3 Å². The molecule has 3 aromatic heterocycles. The van der Waals surface area contributed by atoms with Crippen molar-refractivity contribution < 1.29 is 0 Å². The quantitative estimate of drug-likeness (QED) is 0.653. The van der Waals surface area contributed by atoms with Crippen LogP contribution in [0.25, 0.3) is 16.9 Å². The lowest BCUT2D eigenvalue weighted by Crippen LogP contribution is -2.49. The lowest BCUT2D eigenvalue weighted by atomic mass is 10.1. The molecular formula is C24H33N7. The predicted molar refractivity (Wildman–Crippen MR) is 126 cm³/mol. The Bertz CT molecular complexity index is 1070. The summed E-state index contributed by atoms with van der Waals surface area (Å²) in [5, 5.41) is 3.52. The molecule has 0 spiro atoms. The van der Waals surface area contributed by atoms with E-state index in [9.17, 15) is 0 Å². The van der Waals surface area contributed by atoms with Crippen LogP contribution in [0.1, 0.15) is 41.0 Å². The molecule has 31 heavy (non-hydrogen) atoms. The molecular weight excluding hydrogens is 386 g/mol. The summed E-state index contributed by atoms with van der Waals surface area (Å²) in [7, 11) is 0. The van der Waals surface area contributed by atoms with Crippen LogP contribution in [-0.2, 0) is 0 Å². The first-order valence-corrected chi connectivity index (χ1v) is 11.5. The number of fused-ring (bicyclic) bond motifs is 3. The molecule has 0 aromatic carbocycles. The highest BCUT2D eigenvalue weighted by atomic mass is 15.4. The number of rotatable bonds is 6. The molecule has 164 valence electrons. The first-order valence-electron chi connectivity index (χ1n) is 11.5. The maximum atomic E-state index is 5.14. The fourth-order valence-electron chi connectivity index (χ4n) is 4.90. The van der Waals surface area contributed by atoms with Crippen molar-refractivity contribution in [1.82, 2.24) is 24.3 Å². The normalized spacial score (nSPS) is 22.2. The zero-order chi connectivity index (χ0) is 21.7. The fraction of sp³-hybridized carbons (Fsp3) is 0.542. The molecule has 0 saturated carbocycles. The molecule has 2 aliphatic rings. The Morgan fingerprint density at radius 3 is 2.55 bits per heavy atom. The van der Waals surface area contributed by atoms with Crippen LogP contribution < -0.4 is 10.2 Å². The Kier molecular flexibility index (Phi) is 5.08. The average molecular weight is 420 g/mol. The van der Waals surface area contributed by atoms with E-state index >= 15 is 0 Å². The van der Waals surface area contributed by atoms with Gasteiger partial charge >= 0.3 is 0 Å². The van der Waals surface area contributed by atoms with Crippen molar-refractivity contribution in [3.05, 3.63) is 36.8 Å². The fourth-order valence-corrected chi connectivity index (χ4v) is 4.90. The average Bonchev–Trinajstić information content (AvgIpc) is 3.48. The molecule has 2 bridgehead atoms. The summed E-state index contributed by atoms with van der Waals surface area (Å²) in [4.78, 5) is 19.4. The molecule has 2 saturated heterocycles. The van der Waals surface area contributed by atoms with Crippen LogP contribution >= 0.6 is 0 Å². The van der Waals surface area contributed by atoms with Crippen molar-refractivity contribution in [2.24, 2.45) is 5.92 Å². The second-order valence-electron chi connectivity index (χ2n) is 9.69. The Labute approximate surface area is 184 Å². The molecule has 5 rings (SSSR count). The van der Waals surface area contributed by atoms with E-state index in [4.69, 9.17) is 4.98 Å². The van der Waals surface area contributed by atoms with Gasteiger partial charge in [-0.2, -0.15) is 0 Å². The van der Waals surface area contributed by atoms with E-state index in [0.29, 0.717) is 30.1 Å². The molecule has 5 heterocycles. The zero-order valence-electron chi connectivity index (χ0n) is 19.2. The van der Waals surface area contributed by atoms with Crippen molar-refractivity contribution >= 4 is 17.4 Å². The van der Waals surface area contributed by atoms with Gasteiger partial charge in [-0.3, -0.25) is 9.30 Å². The Balaban J connectivity index is 1.49. The minimum absolute atomic E-state index is 0.352. The van der Waals surface area contributed by atoms with E-state index in [0.717, 1.165) is 41.8 Å². The van der Waals surface area contributed by atoms with E-state index in [2.05, 4.69) is 76.2 Å². The van der Waals surface area contributed by atoms with Crippen LogP contribution in [0.4, 0.5) is 11.8 Å². The smallest absolute Gasteiger partial charge is 0.212 e. The predicted octanol–water partition coefficient (Wildman–Crippen LogP) is 3.92. The van der Waals surface area contributed by atoms with E-state index in [1.54, 1.807) is 0 Å². The molecule has 0 aliphatic carbocycles. The van der Waals surface area contributed by atoms with Crippen molar-refractivity contribution in [1.29, 1.82) is 0 Å². The van der Waals surface area contributed by atoms with Gasteiger partial charge in [0.05, 0.1) is 5.69 Å². The third-order valence-electron chi connectivity index (χ3n) is 7.01. The number of anilines is 2.